The minimum absolute atomic E-state index is 0.961. The Bertz CT molecular complexity index is 2860. The number of benzene rings is 4. The summed E-state index contributed by atoms with van der Waals surface area (Å²) in [5.41, 5.74) is 18.6. The highest BCUT2D eigenvalue weighted by Gasteiger charge is 2.32. The molecule has 2 aliphatic rings. The van der Waals surface area contributed by atoms with E-state index in [4.69, 9.17) is 4.98 Å². The molecule has 0 atom stereocenters. The maximum atomic E-state index is 4.89. The number of pyridine rings is 3. The molecule has 9 aromatic rings. The molecule has 1 N–H and O–H groups in total. The number of fused-ring (bicyclic) bond motifs is 8. The predicted octanol–water partition coefficient (Wildman–Crippen LogP) is 11.2. The Morgan fingerprint density at radius 2 is 1.19 bits per heavy atom. The molecular weight excluding hydrogens is 635 g/mol. The van der Waals surface area contributed by atoms with Crippen LogP contribution in [0.15, 0.2) is 147 Å². The van der Waals surface area contributed by atoms with Gasteiger partial charge in [-0.05, 0) is 154 Å². The minimum Gasteiger partial charge on any atom is -0.354 e. The molecule has 52 heavy (non-hydrogen) atoms. The zero-order chi connectivity index (χ0) is 34.8. The maximum Gasteiger partial charge on any atom is 0.137 e. The van der Waals surface area contributed by atoms with E-state index in [1.54, 1.807) is 12.2 Å². The molecule has 0 unspecified atom stereocenters. The van der Waals surface area contributed by atoms with Crippen molar-refractivity contribution in [1.82, 2.24) is 24.5 Å². The summed E-state index contributed by atoms with van der Waals surface area (Å²) in [6.07, 6.45) is 16.7. The number of aryl methyl sites for hydroxylation is 4. The monoisotopic (exact) mass is 669 g/mol. The molecule has 0 bridgehead atoms. The molecule has 2 aliphatic carbocycles. The molecule has 0 saturated heterocycles. The maximum absolute atomic E-state index is 4.89. The van der Waals surface area contributed by atoms with Gasteiger partial charge in [-0.2, -0.15) is 0 Å². The number of hydrogen-bond acceptors (Lipinski definition) is 3. The van der Waals surface area contributed by atoms with Crippen LogP contribution >= 0.6 is 0 Å². The molecule has 5 nitrogen and oxygen atoms in total. The fraction of sp³-hybridized carbons (Fsp3) is 0.0851. The summed E-state index contributed by atoms with van der Waals surface area (Å²) in [7, 11) is 0. The first-order valence-electron chi connectivity index (χ1n) is 17.9. The van der Waals surface area contributed by atoms with Crippen LogP contribution < -0.4 is 0 Å². The highest BCUT2D eigenvalue weighted by molar-refractivity contribution is 6.16. The van der Waals surface area contributed by atoms with Gasteiger partial charge in [0.25, 0.3) is 0 Å². The highest BCUT2D eigenvalue weighted by Crippen LogP contribution is 2.50. The molecule has 0 spiro atoms. The van der Waals surface area contributed by atoms with E-state index in [1.165, 1.54) is 99.2 Å². The summed E-state index contributed by atoms with van der Waals surface area (Å²) in [6.45, 7) is 6.72. The predicted molar refractivity (Wildman–Crippen MR) is 215 cm³/mol. The molecule has 5 heterocycles. The van der Waals surface area contributed by atoms with Gasteiger partial charge >= 0.3 is 0 Å². The topological polar surface area (TPSA) is 59.4 Å². The van der Waals surface area contributed by atoms with Crippen LogP contribution in [0.4, 0.5) is 0 Å². The standard InChI is InChI=1S/C43H29N5.C4H6/c1-2-16-46-39(3-1)48-38-11-7-28(26-14-19-45-20-15-26)22-34(38)36-24-30-5-4-29-23-35-33-21-27(25-12-17-44-18-13-25)6-10-37(33)47-42(35)31-8-9-32(43(36)48)41(30)40(29)31;1-3-4-2/h1-3,6-7,10-24,47H,4-5,8-9H2;3-4H,1-2H2. The summed E-state index contributed by atoms with van der Waals surface area (Å²) >= 11 is 0. The van der Waals surface area contributed by atoms with E-state index < -0.39 is 0 Å². The second-order valence-corrected chi connectivity index (χ2v) is 13.7. The van der Waals surface area contributed by atoms with E-state index in [0.29, 0.717) is 0 Å². The van der Waals surface area contributed by atoms with Gasteiger partial charge in [-0.3, -0.25) is 14.5 Å². The van der Waals surface area contributed by atoms with Gasteiger partial charge in [0, 0.05) is 58.0 Å². The molecule has 0 saturated carbocycles. The molecule has 5 aromatic heterocycles. The Balaban J connectivity index is 0.000000808. The summed E-state index contributed by atoms with van der Waals surface area (Å²) in [4.78, 5) is 17.2. The number of aromatic amines is 1. The average Bonchev–Trinajstić information content (AvgIpc) is 3.75. The van der Waals surface area contributed by atoms with E-state index >= 15 is 0 Å². The lowest BCUT2D eigenvalue weighted by atomic mass is 9.74. The van der Waals surface area contributed by atoms with Crippen molar-refractivity contribution < 1.29 is 0 Å². The van der Waals surface area contributed by atoms with Crippen molar-refractivity contribution in [2.24, 2.45) is 0 Å². The summed E-state index contributed by atoms with van der Waals surface area (Å²) in [5, 5.41) is 5.23. The van der Waals surface area contributed by atoms with Crippen molar-refractivity contribution in [1.29, 1.82) is 0 Å². The molecule has 0 aliphatic heterocycles. The van der Waals surface area contributed by atoms with E-state index in [1.807, 2.05) is 37.1 Å². The van der Waals surface area contributed by atoms with Crippen LogP contribution in [0.25, 0.3) is 82.8 Å². The van der Waals surface area contributed by atoms with Crippen LogP contribution in [0.2, 0.25) is 0 Å². The SMILES string of the molecule is C=CC=C.c1ccc(-n2c3ccc(-c4ccncc4)cc3c3cc4c5c(c32)CCc2c-5c(cc3c2[nH]c2ccc(-c5ccncc5)cc23)CC4)nc1. The van der Waals surface area contributed by atoms with Gasteiger partial charge in [0.15, 0.2) is 0 Å². The van der Waals surface area contributed by atoms with Crippen LogP contribution in [-0.4, -0.2) is 24.5 Å². The van der Waals surface area contributed by atoms with E-state index in [9.17, 15) is 0 Å². The molecular formula is C47H35N5. The van der Waals surface area contributed by atoms with Crippen molar-refractivity contribution in [3.05, 3.63) is 170 Å². The van der Waals surface area contributed by atoms with Gasteiger partial charge in [0.1, 0.15) is 5.82 Å². The second-order valence-electron chi connectivity index (χ2n) is 13.7. The summed E-state index contributed by atoms with van der Waals surface area (Å²) in [6, 6.07) is 33.3. The van der Waals surface area contributed by atoms with Crippen molar-refractivity contribution in [2.75, 3.05) is 0 Å². The van der Waals surface area contributed by atoms with E-state index in [-0.39, 0.29) is 0 Å². The Hall–Kier alpha value is -6.59. The van der Waals surface area contributed by atoms with Crippen LogP contribution in [0.3, 0.4) is 0 Å². The van der Waals surface area contributed by atoms with Gasteiger partial charge in [-0.15, -0.1) is 0 Å². The number of nitrogens with one attached hydrogen (secondary N) is 1. The molecule has 0 amide bonds. The lowest BCUT2D eigenvalue weighted by molar-refractivity contribution is 0.884. The smallest absolute Gasteiger partial charge is 0.137 e. The number of aromatic nitrogens is 5. The largest absolute Gasteiger partial charge is 0.354 e. The Labute approximate surface area is 301 Å². The molecule has 5 heteroatoms. The van der Waals surface area contributed by atoms with Gasteiger partial charge in [-0.25, -0.2) is 4.98 Å². The van der Waals surface area contributed by atoms with Crippen molar-refractivity contribution in [3.63, 3.8) is 0 Å². The molecule has 0 fully saturated rings. The van der Waals surface area contributed by atoms with Gasteiger partial charge in [-0.1, -0.05) is 43.5 Å². The molecule has 0 radical (unpaired) electrons. The Morgan fingerprint density at radius 3 is 1.87 bits per heavy atom. The Kier molecular flexibility index (Phi) is 7.00. The summed E-state index contributed by atoms with van der Waals surface area (Å²) < 4.78 is 2.41. The first kappa shape index (κ1) is 30.3. The van der Waals surface area contributed by atoms with E-state index in [2.05, 4.69) is 118 Å². The van der Waals surface area contributed by atoms with Crippen LogP contribution in [0.5, 0.6) is 0 Å². The fourth-order valence-electron chi connectivity index (χ4n) is 8.69. The number of nitrogens with zero attached hydrogens (tertiary/aromatic N) is 4. The third kappa shape index (κ3) is 4.59. The first-order chi connectivity index (χ1) is 25.7. The first-order valence-corrected chi connectivity index (χ1v) is 17.9. The quantitative estimate of drug-likeness (QED) is 0.190. The van der Waals surface area contributed by atoms with Crippen LogP contribution in [-0.2, 0) is 25.7 Å². The fourth-order valence-corrected chi connectivity index (χ4v) is 8.69. The van der Waals surface area contributed by atoms with E-state index in [0.717, 1.165) is 31.5 Å². The summed E-state index contributed by atoms with van der Waals surface area (Å²) in [5.74, 6) is 0.961. The number of hydrogen-bond donors (Lipinski definition) is 1. The Morgan fingerprint density at radius 1 is 0.558 bits per heavy atom. The third-order valence-corrected chi connectivity index (χ3v) is 10.9. The zero-order valence-electron chi connectivity index (χ0n) is 28.7. The van der Waals surface area contributed by atoms with Crippen LogP contribution in [0.1, 0.15) is 22.3 Å². The third-order valence-electron chi connectivity index (χ3n) is 10.9. The zero-order valence-corrected chi connectivity index (χ0v) is 28.7. The number of allylic oxidation sites excluding steroid dienone is 2. The molecule has 248 valence electrons. The van der Waals surface area contributed by atoms with Gasteiger partial charge < -0.3 is 4.98 Å². The van der Waals surface area contributed by atoms with Gasteiger partial charge in [0.2, 0.25) is 0 Å². The highest BCUT2D eigenvalue weighted by atomic mass is 15.1. The van der Waals surface area contributed by atoms with Gasteiger partial charge in [0.05, 0.1) is 16.6 Å². The van der Waals surface area contributed by atoms with Crippen LogP contribution in [0, 0.1) is 0 Å². The average molecular weight is 670 g/mol. The second kappa shape index (κ2) is 12.0. The lowest BCUT2D eigenvalue weighted by Crippen LogP contribution is -2.15. The molecule has 11 rings (SSSR count). The normalized spacial score (nSPS) is 12.8. The number of H-pyrrole nitrogens is 1. The number of rotatable bonds is 4. The van der Waals surface area contributed by atoms with Crippen molar-refractivity contribution >= 4 is 43.6 Å². The minimum atomic E-state index is 0.961. The van der Waals surface area contributed by atoms with Crippen molar-refractivity contribution in [2.45, 2.75) is 25.7 Å². The molecule has 4 aromatic carbocycles. The lowest BCUT2D eigenvalue weighted by Gasteiger charge is -2.31. The van der Waals surface area contributed by atoms with Crippen molar-refractivity contribution in [3.8, 4) is 39.2 Å².